The van der Waals surface area contributed by atoms with Gasteiger partial charge in [-0.05, 0) is 47.0 Å². The van der Waals surface area contributed by atoms with Crippen molar-refractivity contribution in [1.29, 1.82) is 5.26 Å². The molecule has 1 aromatic heterocycles. The average Bonchev–Trinajstić information content (AvgIpc) is 3.05. The van der Waals surface area contributed by atoms with E-state index in [1.54, 1.807) is 12.1 Å². The Kier molecular flexibility index (Phi) is 4.42. The summed E-state index contributed by atoms with van der Waals surface area (Å²) in [5, 5.41) is 11.4. The quantitative estimate of drug-likeness (QED) is 0.572. The molecular formula is C24H19N3O. The SMILES string of the molecule is Cc1c(C(N)=O)cc(-c2ccc(C#N)cc2)n1Cc1cccc2ccccc12. The minimum atomic E-state index is -0.441. The molecule has 4 rings (SSSR count). The van der Waals surface area contributed by atoms with Gasteiger partial charge in [0.05, 0.1) is 17.2 Å². The Bertz CT molecular complexity index is 1220. The fourth-order valence-corrected chi connectivity index (χ4v) is 3.65. The summed E-state index contributed by atoms with van der Waals surface area (Å²) in [6, 6.07) is 25.9. The van der Waals surface area contributed by atoms with Crippen LogP contribution in [0.25, 0.3) is 22.0 Å². The van der Waals surface area contributed by atoms with Gasteiger partial charge in [-0.25, -0.2) is 0 Å². The number of aromatic nitrogens is 1. The molecule has 0 aliphatic heterocycles. The van der Waals surface area contributed by atoms with Gasteiger partial charge in [-0.15, -0.1) is 0 Å². The van der Waals surface area contributed by atoms with Crippen LogP contribution < -0.4 is 5.73 Å². The Hall–Kier alpha value is -3.84. The zero-order valence-electron chi connectivity index (χ0n) is 15.5. The van der Waals surface area contributed by atoms with E-state index >= 15 is 0 Å². The summed E-state index contributed by atoms with van der Waals surface area (Å²) in [5.74, 6) is -0.441. The predicted octanol–water partition coefficient (Wildman–Crippen LogP) is 4.64. The minimum absolute atomic E-state index is 0.441. The van der Waals surface area contributed by atoms with Gasteiger partial charge in [0.25, 0.3) is 5.91 Å². The molecule has 0 saturated heterocycles. The monoisotopic (exact) mass is 365 g/mol. The number of amides is 1. The van der Waals surface area contributed by atoms with Crippen molar-refractivity contribution in [3.8, 4) is 17.3 Å². The summed E-state index contributed by atoms with van der Waals surface area (Å²) in [6.45, 7) is 2.54. The molecule has 0 aliphatic carbocycles. The molecule has 0 atom stereocenters. The number of fused-ring (bicyclic) bond motifs is 1. The van der Waals surface area contributed by atoms with E-state index in [9.17, 15) is 4.79 Å². The van der Waals surface area contributed by atoms with Crippen molar-refractivity contribution in [2.24, 2.45) is 5.73 Å². The lowest BCUT2D eigenvalue weighted by Gasteiger charge is -2.14. The molecule has 0 radical (unpaired) electrons. The summed E-state index contributed by atoms with van der Waals surface area (Å²) in [5.41, 5.74) is 10.6. The van der Waals surface area contributed by atoms with Crippen molar-refractivity contribution in [3.05, 3.63) is 95.2 Å². The van der Waals surface area contributed by atoms with Gasteiger partial charge >= 0.3 is 0 Å². The second kappa shape index (κ2) is 7.05. The predicted molar refractivity (Wildman–Crippen MR) is 111 cm³/mol. The van der Waals surface area contributed by atoms with E-state index in [0.717, 1.165) is 17.0 Å². The Balaban J connectivity index is 1.87. The lowest BCUT2D eigenvalue weighted by atomic mass is 10.0. The van der Waals surface area contributed by atoms with E-state index in [0.29, 0.717) is 17.7 Å². The number of nitriles is 1. The lowest BCUT2D eigenvalue weighted by molar-refractivity contribution is 0.0999. The number of hydrogen-bond acceptors (Lipinski definition) is 2. The Labute approximate surface area is 163 Å². The molecule has 0 fully saturated rings. The van der Waals surface area contributed by atoms with E-state index in [-0.39, 0.29) is 0 Å². The van der Waals surface area contributed by atoms with Crippen LogP contribution >= 0.6 is 0 Å². The molecule has 1 heterocycles. The van der Waals surface area contributed by atoms with Gasteiger partial charge in [-0.3, -0.25) is 4.79 Å². The third-order valence-corrected chi connectivity index (χ3v) is 5.15. The van der Waals surface area contributed by atoms with Crippen LogP contribution in [0.1, 0.15) is 27.2 Å². The molecule has 0 aliphatic rings. The van der Waals surface area contributed by atoms with Gasteiger partial charge in [0.1, 0.15) is 0 Å². The second-order valence-corrected chi connectivity index (χ2v) is 6.81. The van der Waals surface area contributed by atoms with Gasteiger partial charge in [0.15, 0.2) is 0 Å². The van der Waals surface area contributed by atoms with Gasteiger partial charge in [0, 0.05) is 17.9 Å². The standard InChI is InChI=1S/C24H19N3O/c1-16-22(24(26)28)13-23(19-11-9-17(14-25)10-12-19)27(16)15-20-7-4-6-18-5-2-3-8-21(18)20/h2-13H,15H2,1H3,(H2,26,28). The molecule has 0 spiro atoms. The van der Waals surface area contributed by atoms with Gasteiger partial charge in [-0.1, -0.05) is 54.6 Å². The molecular weight excluding hydrogens is 346 g/mol. The zero-order valence-corrected chi connectivity index (χ0v) is 15.5. The van der Waals surface area contributed by atoms with Crippen LogP contribution in [0.4, 0.5) is 0 Å². The number of carbonyl (C=O) groups excluding carboxylic acids is 1. The van der Waals surface area contributed by atoms with Crippen LogP contribution in [0.2, 0.25) is 0 Å². The Morgan fingerprint density at radius 1 is 1.04 bits per heavy atom. The molecule has 2 N–H and O–H groups in total. The highest BCUT2D eigenvalue weighted by Gasteiger charge is 2.17. The van der Waals surface area contributed by atoms with E-state index in [1.165, 1.54) is 16.3 Å². The molecule has 1 amide bonds. The molecule has 136 valence electrons. The fraction of sp³-hybridized carbons (Fsp3) is 0.0833. The van der Waals surface area contributed by atoms with Gasteiger partial charge in [0.2, 0.25) is 0 Å². The second-order valence-electron chi connectivity index (χ2n) is 6.81. The highest BCUT2D eigenvalue weighted by atomic mass is 16.1. The van der Waals surface area contributed by atoms with E-state index in [2.05, 4.69) is 34.9 Å². The molecule has 0 saturated carbocycles. The van der Waals surface area contributed by atoms with Crippen molar-refractivity contribution >= 4 is 16.7 Å². The van der Waals surface area contributed by atoms with Crippen LogP contribution in [0.3, 0.4) is 0 Å². The first-order valence-corrected chi connectivity index (χ1v) is 9.05. The van der Waals surface area contributed by atoms with E-state index in [1.807, 2.05) is 43.3 Å². The number of hydrogen-bond donors (Lipinski definition) is 1. The molecule has 4 nitrogen and oxygen atoms in total. The third kappa shape index (κ3) is 3.04. The van der Waals surface area contributed by atoms with Crippen molar-refractivity contribution in [2.75, 3.05) is 0 Å². The van der Waals surface area contributed by atoms with Gasteiger partial charge < -0.3 is 10.3 Å². The first kappa shape index (κ1) is 17.6. The van der Waals surface area contributed by atoms with Crippen molar-refractivity contribution in [1.82, 2.24) is 4.57 Å². The van der Waals surface area contributed by atoms with Gasteiger partial charge in [-0.2, -0.15) is 5.26 Å². The number of primary amides is 1. The topological polar surface area (TPSA) is 71.8 Å². The number of nitrogens with two attached hydrogens (primary N) is 1. The molecule has 4 aromatic rings. The maximum atomic E-state index is 11.9. The largest absolute Gasteiger partial charge is 0.366 e. The van der Waals surface area contributed by atoms with Crippen molar-refractivity contribution in [3.63, 3.8) is 0 Å². The molecule has 28 heavy (non-hydrogen) atoms. The number of nitrogens with zero attached hydrogens (tertiary/aromatic N) is 2. The number of benzene rings is 3. The molecule has 0 unspecified atom stereocenters. The van der Waals surface area contributed by atoms with Crippen molar-refractivity contribution < 1.29 is 4.79 Å². The summed E-state index contributed by atoms with van der Waals surface area (Å²) >= 11 is 0. The molecule has 3 aromatic carbocycles. The highest BCUT2D eigenvalue weighted by molar-refractivity contribution is 5.95. The maximum Gasteiger partial charge on any atom is 0.250 e. The fourth-order valence-electron chi connectivity index (χ4n) is 3.65. The summed E-state index contributed by atoms with van der Waals surface area (Å²) in [7, 11) is 0. The molecule has 4 heteroatoms. The van der Waals surface area contributed by atoms with Crippen molar-refractivity contribution in [2.45, 2.75) is 13.5 Å². The summed E-state index contributed by atoms with van der Waals surface area (Å²) in [6.07, 6.45) is 0. The minimum Gasteiger partial charge on any atom is -0.366 e. The van der Waals surface area contributed by atoms with Crippen LogP contribution in [0.15, 0.2) is 72.8 Å². The normalized spacial score (nSPS) is 10.7. The zero-order chi connectivity index (χ0) is 19.7. The average molecular weight is 365 g/mol. The van der Waals surface area contributed by atoms with E-state index < -0.39 is 5.91 Å². The maximum absolute atomic E-state index is 11.9. The van der Waals surface area contributed by atoms with Crippen LogP contribution in [0.5, 0.6) is 0 Å². The van der Waals surface area contributed by atoms with Crippen LogP contribution in [-0.4, -0.2) is 10.5 Å². The lowest BCUT2D eigenvalue weighted by Crippen LogP contribution is -2.12. The first-order chi connectivity index (χ1) is 13.6. The first-order valence-electron chi connectivity index (χ1n) is 9.05. The highest BCUT2D eigenvalue weighted by Crippen LogP contribution is 2.29. The van der Waals surface area contributed by atoms with Crippen LogP contribution in [0, 0.1) is 18.3 Å². The summed E-state index contributed by atoms with van der Waals surface area (Å²) in [4.78, 5) is 11.9. The smallest absolute Gasteiger partial charge is 0.250 e. The summed E-state index contributed by atoms with van der Waals surface area (Å²) < 4.78 is 2.11. The van der Waals surface area contributed by atoms with Crippen LogP contribution in [-0.2, 0) is 6.54 Å². The Morgan fingerprint density at radius 2 is 1.75 bits per heavy atom. The number of rotatable bonds is 4. The Morgan fingerprint density at radius 3 is 2.46 bits per heavy atom. The van der Waals surface area contributed by atoms with E-state index in [4.69, 9.17) is 11.0 Å². The third-order valence-electron chi connectivity index (χ3n) is 5.15. The molecule has 0 bridgehead atoms. The number of carbonyl (C=O) groups is 1.